The second-order valence-electron chi connectivity index (χ2n) is 7.49. The van der Waals surface area contributed by atoms with Gasteiger partial charge in [-0.3, -0.25) is 19.2 Å². The minimum Gasteiger partial charge on any atom is -0.329 e. The van der Waals surface area contributed by atoms with E-state index in [1.807, 2.05) is 43.7 Å². The Morgan fingerprint density at radius 3 is 2.86 bits per heavy atom. The van der Waals surface area contributed by atoms with Gasteiger partial charge in [0.25, 0.3) is 5.91 Å². The molecule has 1 saturated heterocycles. The monoisotopic (exact) mass is 372 g/mol. The number of nitrogens with one attached hydrogen (secondary N) is 1. The van der Waals surface area contributed by atoms with Crippen LogP contribution < -0.4 is 10.2 Å². The molecule has 0 radical (unpaired) electrons. The maximum atomic E-state index is 13.2. The van der Waals surface area contributed by atoms with Crippen LogP contribution in [-0.4, -0.2) is 27.6 Å². The summed E-state index contributed by atoms with van der Waals surface area (Å²) in [6, 6.07) is 9.34. The number of nitrogens with zero attached hydrogens (tertiary/aromatic N) is 3. The fourth-order valence-corrected chi connectivity index (χ4v) is 4.32. The molecule has 1 N–H and O–H groups in total. The van der Waals surface area contributed by atoms with E-state index < -0.39 is 6.04 Å². The third kappa shape index (κ3) is 2.45. The molecule has 5 rings (SSSR count). The Morgan fingerprint density at radius 1 is 1.25 bits per heavy atom. The molecule has 0 aliphatic carbocycles. The number of carbonyl (C=O) groups excluding carboxylic acids is 2. The molecule has 2 amide bonds. The van der Waals surface area contributed by atoms with E-state index in [4.69, 9.17) is 0 Å². The number of hydrogen-bond donors (Lipinski definition) is 1. The number of carbonyl (C=O) groups is 2. The van der Waals surface area contributed by atoms with E-state index in [1.165, 1.54) is 0 Å². The predicted octanol–water partition coefficient (Wildman–Crippen LogP) is 2.92. The van der Waals surface area contributed by atoms with Crippen molar-refractivity contribution in [1.82, 2.24) is 15.1 Å². The molecule has 2 aliphatic rings. The molecule has 3 heterocycles. The fourth-order valence-electron chi connectivity index (χ4n) is 4.32. The van der Waals surface area contributed by atoms with Crippen molar-refractivity contribution in [2.75, 3.05) is 4.90 Å². The summed E-state index contributed by atoms with van der Waals surface area (Å²) in [5, 5.41) is 9.03. The predicted molar refractivity (Wildman–Crippen MR) is 107 cm³/mol. The Morgan fingerprint density at radius 2 is 2.11 bits per heavy atom. The number of hydrogen-bond acceptors (Lipinski definition) is 3. The van der Waals surface area contributed by atoms with Crippen LogP contribution in [0.4, 0.5) is 5.69 Å². The molecule has 1 unspecified atom stereocenters. The smallest absolute Gasteiger partial charge is 0.259 e. The number of allylic oxidation sites excluding steroid dienone is 1. The zero-order valence-electron chi connectivity index (χ0n) is 15.6. The maximum Gasteiger partial charge on any atom is 0.259 e. The lowest BCUT2D eigenvalue weighted by molar-refractivity contribution is -0.122. The van der Waals surface area contributed by atoms with E-state index in [-0.39, 0.29) is 11.8 Å². The van der Waals surface area contributed by atoms with Crippen molar-refractivity contribution in [3.8, 4) is 0 Å². The quantitative estimate of drug-likeness (QED) is 0.769. The number of piperidine rings is 1. The normalized spacial score (nSPS) is 18.8. The van der Waals surface area contributed by atoms with Gasteiger partial charge in [-0.1, -0.05) is 24.8 Å². The number of benzene rings is 2. The standard InChI is InChI=1S/C22H20N4O2/c1-13-6-8-19(21(27)24-13)26-18-9-7-15(10-14-11-23-25(2)12-14)16-4-3-5-17(20(16)18)22(26)28/h3-5,7,9,11-12,19H,1,6,8,10H2,2H3,(H,24,27). The van der Waals surface area contributed by atoms with Gasteiger partial charge in [-0.15, -0.1) is 0 Å². The minimum absolute atomic E-state index is 0.105. The zero-order chi connectivity index (χ0) is 19.4. The van der Waals surface area contributed by atoms with Crippen LogP contribution in [0.15, 0.2) is 55.0 Å². The van der Waals surface area contributed by atoms with Crippen molar-refractivity contribution in [3.63, 3.8) is 0 Å². The highest BCUT2D eigenvalue weighted by Crippen LogP contribution is 2.41. The van der Waals surface area contributed by atoms with Crippen molar-refractivity contribution in [2.45, 2.75) is 25.3 Å². The van der Waals surface area contributed by atoms with Gasteiger partial charge >= 0.3 is 0 Å². The first-order valence-corrected chi connectivity index (χ1v) is 9.37. The van der Waals surface area contributed by atoms with Crippen LogP contribution in [0.2, 0.25) is 0 Å². The first-order valence-electron chi connectivity index (χ1n) is 9.37. The molecule has 0 bridgehead atoms. The van der Waals surface area contributed by atoms with Gasteiger partial charge in [0.05, 0.1) is 11.9 Å². The third-order valence-electron chi connectivity index (χ3n) is 5.60. The molecule has 1 fully saturated rings. The summed E-state index contributed by atoms with van der Waals surface area (Å²) in [5.74, 6) is -0.267. The van der Waals surface area contributed by atoms with Gasteiger partial charge in [0.15, 0.2) is 0 Å². The van der Waals surface area contributed by atoms with Gasteiger partial charge in [0, 0.05) is 36.3 Å². The average Bonchev–Trinajstić information content (AvgIpc) is 3.20. The van der Waals surface area contributed by atoms with Crippen LogP contribution in [0.1, 0.15) is 34.3 Å². The molecule has 0 saturated carbocycles. The Balaban J connectivity index is 1.60. The van der Waals surface area contributed by atoms with Crippen molar-refractivity contribution in [1.29, 1.82) is 0 Å². The van der Waals surface area contributed by atoms with Gasteiger partial charge in [0.1, 0.15) is 6.04 Å². The topological polar surface area (TPSA) is 67.2 Å². The summed E-state index contributed by atoms with van der Waals surface area (Å²) in [6.45, 7) is 3.83. The van der Waals surface area contributed by atoms with Crippen LogP contribution in [0.25, 0.3) is 10.8 Å². The SMILES string of the molecule is C=C1CCC(N2C(=O)c3cccc4c(Cc5cnn(C)c5)ccc2c34)C(=O)N1. The van der Waals surface area contributed by atoms with Crippen molar-refractivity contribution in [2.24, 2.45) is 7.05 Å². The van der Waals surface area contributed by atoms with Crippen LogP contribution in [-0.2, 0) is 18.3 Å². The molecule has 140 valence electrons. The highest BCUT2D eigenvalue weighted by Gasteiger charge is 2.39. The molecule has 6 heteroatoms. The van der Waals surface area contributed by atoms with Gasteiger partial charge < -0.3 is 5.32 Å². The van der Waals surface area contributed by atoms with Crippen LogP contribution in [0.3, 0.4) is 0 Å². The molecule has 3 aromatic rings. The lowest BCUT2D eigenvalue weighted by atomic mass is 9.97. The maximum absolute atomic E-state index is 13.2. The van der Waals surface area contributed by atoms with Crippen LogP contribution >= 0.6 is 0 Å². The molecule has 1 atom stereocenters. The first-order chi connectivity index (χ1) is 13.5. The number of aryl methyl sites for hydroxylation is 1. The highest BCUT2D eigenvalue weighted by molar-refractivity contribution is 6.27. The summed E-state index contributed by atoms with van der Waals surface area (Å²) >= 11 is 0. The summed E-state index contributed by atoms with van der Waals surface area (Å²) in [4.78, 5) is 27.4. The van der Waals surface area contributed by atoms with E-state index >= 15 is 0 Å². The first kappa shape index (κ1) is 16.7. The van der Waals surface area contributed by atoms with E-state index in [1.54, 1.807) is 9.58 Å². The summed E-state index contributed by atoms with van der Waals surface area (Å²) < 4.78 is 1.79. The number of anilines is 1. The zero-order valence-corrected chi connectivity index (χ0v) is 15.6. The molecule has 1 aromatic heterocycles. The lowest BCUT2D eigenvalue weighted by Crippen LogP contribution is -2.51. The molecular formula is C22H20N4O2. The second kappa shape index (κ2) is 6.05. The number of rotatable bonds is 3. The van der Waals surface area contributed by atoms with Crippen LogP contribution in [0.5, 0.6) is 0 Å². The molecule has 28 heavy (non-hydrogen) atoms. The fraction of sp³-hybridized carbons (Fsp3) is 0.227. The Hall–Kier alpha value is -3.41. The van der Waals surface area contributed by atoms with Gasteiger partial charge in [-0.2, -0.15) is 5.10 Å². The lowest BCUT2D eigenvalue weighted by Gasteiger charge is -2.31. The summed E-state index contributed by atoms with van der Waals surface area (Å²) in [5.41, 5.74) is 4.46. The van der Waals surface area contributed by atoms with E-state index in [9.17, 15) is 9.59 Å². The van der Waals surface area contributed by atoms with Gasteiger partial charge in [-0.05, 0) is 41.5 Å². The summed E-state index contributed by atoms with van der Waals surface area (Å²) in [6.07, 6.45) is 5.87. The summed E-state index contributed by atoms with van der Waals surface area (Å²) in [7, 11) is 1.90. The van der Waals surface area contributed by atoms with Crippen molar-refractivity contribution < 1.29 is 9.59 Å². The Bertz CT molecular complexity index is 1160. The van der Waals surface area contributed by atoms with Gasteiger partial charge in [0.2, 0.25) is 5.91 Å². The number of aromatic nitrogens is 2. The number of amides is 2. The van der Waals surface area contributed by atoms with Crippen LogP contribution in [0, 0.1) is 0 Å². The van der Waals surface area contributed by atoms with E-state index in [0.717, 1.165) is 34.0 Å². The highest BCUT2D eigenvalue weighted by atomic mass is 16.2. The largest absolute Gasteiger partial charge is 0.329 e. The van der Waals surface area contributed by atoms with E-state index in [2.05, 4.69) is 23.1 Å². The Labute approximate surface area is 162 Å². The van der Waals surface area contributed by atoms with E-state index in [0.29, 0.717) is 24.1 Å². The second-order valence-corrected chi connectivity index (χ2v) is 7.49. The molecule has 0 spiro atoms. The van der Waals surface area contributed by atoms with Crippen molar-refractivity contribution in [3.05, 3.63) is 71.7 Å². The molecular weight excluding hydrogens is 352 g/mol. The van der Waals surface area contributed by atoms with Gasteiger partial charge in [-0.25, -0.2) is 0 Å². The van der Waals surface area contributed by atoms with Crippen molar-refractivity contribution >= 4 is 28.3 Å². The molecule has 2 aromatic carbocycles. The molecule has 2 aliphatic heterocycles. The Kier molecular flexibility index (Phi) is 3.62. The third-order valence-corrected chi connectivity index (χ3v) is 5.60. The molecule has 6 nitrogen and oxygen atoms in total. The average molecular weight is 372 g/mol. The minimum atomic E-state index is -0.502.